The van der Waals surface area contributed by atoms with Gasteiger partial charge in [-0.15, -0.1) is 0 Å². The maximum Gasteiger partial charge on any atom is 0.246 e. The summed E-state index contributed by atoms with van der Waals surface area (Å²) in [5, 5.41) is 0. The van der Waals surface area contributed by atoms with Crippen molar-refractivity contribution in [1.29, 1.82) is 0 Å². The summed E-state index contributed by atoms with van der Waals surface area (Å²) < 4.78 is 65.9. The third-order valence-corrected chi connectivity index (χ3v) is 4.48. The molecule has 0 radical (unpaired) electrons. The molecule has 21 heavy (non-hydrogen) atoms. The largest absolute Gasteiger partial charge is 0.330 e. The van der Waals surface area contributed by atoms with E-state index < -0.39 is 37.8 Å². The number of nitrogens with two attached hydrogens (primary N) is 1. The molecular formula is C13H19F3N2O2S. The van der Waals surface area contributed by atoms with Crippen LogP contribution in [-0.2, 0) is 10.0 Å². The highest BCUT2D eigenvalue weighted by Crippen LogP contribution is 2.24. The van der Waals surface area contributed by atoms with Crippen molar-refractivity contribution in [1.82, 2.24) is 4.72 Å². The first-order valence-electron chi connectivity index (χ1n) is 6.43. The lowest BCUT2D eigenvalue weighted by Crippen LogP contribution is -2.35. The zero-order valence-corrected chi connectivity index (χ0v) is 12.7. The summed E-state index contributed by atoms with van der Waals surface area (Å²) in [7, 11) is -4.39. The number of sulfonamides is 1. The summed E-state index contributed by atoms with van der Waals surface area (Å²) in [6, 6.07) is 0.661. The quantitative estimate of drug-likeness (QED) is 0.807. The highest BCUT2D eigenvalue weighted by atomic mass is 32.2. The molecule has 0 fully saturated rings. The van der Waals surface area contributed by atoms with Crippen molar-refractivity contribution in [2.24, 2.45) is 11.1 Å². The molecule has 8 heteroatoms. The topological polar surface area (TPSA) is 72.2 Å². The lowest BCUT2D eigenvalue weighted by Gasteiger charge is -2.24. The fraction of sp³-hybridized carbons (Fsp3) is 0.538. The Hall–Kier alpha value is -1.12. The zero-order valence-electron chi connectivity index (χ0n) is 11.9. The van der Waals surface area contributed by atoms with Crippen LogP contribution in [0.1, 0.15) is 26.7 Å². The molecule has 0 spiro atoms. The Morgan fingerprint density at radius 1 is 1.19 bits per heavy atom. The van der Waals surface area contributed by atoms with Crippen LogP contribution in [0.15, 0.2) is 17.0 Å². The van der Waals surface area contributed by atoms with Crippen LogP contribution in [0.5, 0.6) is 0 Å². The van der Waals surface area contributed by atoms with E-state index in [0.29, 0.717) is 31.5 Å². The molecule has 0 heterocycles. The first-order chi connectivity index (χ1) is 9.59. The minimum absolute atomic E-state index is 0.00834. The van der Waals surface area contributed by atoms with Crippen LogP contribution in [0.4, 0.5) is 13.2 Å². The zero-order chi connectivity index (χ0) is 16.3. The molecule has 0 aliphatic heterocycles. The average molecular weight is 324 g/mol. The summed E-state index contributed by atoms with van der Waals surface area (Å²) in [5.74, 6) is -4.09. The van der Waals surface area contributed by atoms with Gasteiger partial charge < -0.3 is 5.73 Å². The molecule has 0 saturated carbocycles. The number of benzene rings is 1. The Labute approximate surface area is 122 Å². The fourth-order valence-corrected chi connectivity index (χ4v) is 3.17. The first-order valence-corrected chi connectivity index (χ1v) is 7.92. The van der Waals surface area contributed by atoms with Gasteiger partial charge in [-0.1, -0.05) is 13.8 Å². The van der Waals surface area contributed by atoms with Crippen LogP contribution in [0.3, 0.4) is 0 Å². The molecule has 0 saturated heterocycles. The van der Waals surface area contributed by atoms with Gasteiger partial charge in [-0.25, -0.2) is 26.3 Å². The van der Waals surface area contributed by atoms with Gasteiger partial charge >= 0.3 is 0 Å². The maximum atomic E-state index is 13.5. The smallest absolute Gasteiger partial charge is 0.246 e. The number of hydrogen-bond acceptors (Lipinski definition) is 3. The van der Waals surface area contributed by atoms with Gasteiger partial charge in [0.2, 0.25) is 10.0 Å². The summed E-state index contributed by atoms with van der Waals surface area (Å²) in [4.78, 5) is -1.17. The van der Waals surface area contributed by atoms with Crippen molar-refractivity contribution in [3.8, 4) is 0 Å². The monoisotopic (exact) mass is 324 g/mol. The van der Waals surface area contributed by atoms with Gasteiger partial charge in [0.15, 0.2) is 4.90 Å². The number of hydrogen-bond donors (Lipinski definition) is 2. The fourth-order valence-electron chi connectivity index (χ4n) is 1.82. The van der Waals surface area contributed by atoms with Crippen LogP contribution in [0, 0.1) is 22.9 Å². The maximum absolute atomic E-state index is 13.5. The summed E-state index contributed by atoms with van der Waals surface area (Å²) in [6.07, 6.45) is 1.36. The third kappa shape index (κ3) is 4.98. The Kier molecular flexibility index (Phi) is 5.77. The van der Waals surface area contributed by atoms with Crippen molar-refractivity contribution in [2.75, 3.05) is 13.1 Å². The molecule has 1 aromatic carbocycles. The van der Waals surface area contributed by atoms with Crippen molar-refractivity contribution < 1.29 is 21.6 Å². The second-order valence-corrected chi connectivity index (χ2v) is 7.28. The Morgan fingerprint density at radius 2 is 1.71 bits per heavy atom. The molecule has 0 aliphatic rings. The molecule has 0 bridgehead atoms. The molecule has 1 aromatic rings. The van der Waals surface area contributed by atoms with Crippen molar-refractivity contribution in [3.05, 3.63) is 29.6 Å². The standard InChI is InChI=1S/C13H19F3N2O2S/c1-13(2,4-3-5-17)8-18-21(19,20)12-10(15)6-9(14)7-11(12)16/h6-7,18H,3-5,8,17H2,1-2H3. The lowest BCUT2D eigenvalue weighted by atomic mass is 9.88. The van der Waals surface area contributed by atoms with Gasteiger partial charge in [0.05, 0.1) is 0 Å². The van der Waals surface area contributed by atoms with E-state index >= 15 is 0 Å². The molecule has 4 nitrogen and oxygen atoms in total. The molecule has 120 valence electrons. The normalized spacial score (nSPS) is 12.7. The predicted molar refractivity (Wildman–Crippen MR) is 73.6 cm³/mol. The lowest BCUT2D eigenvalue weighted by molar-refractivity contribution is 0.326. The van der Waals surface area contributed by atoms with Crippen LogP contribution < -0.4 is 10.5 Å². The van der Waals surface area contributed by atoms with E-state index in [1.54, 1.807) is 0 Å². The number of nitrogens with one attached hydrogen (secondary N) is 1. The van der Waals surface area contributed by atoms with Gasteiger partial charge in [0, 0.05) is 18.7 Å². The number of rotatable bonds is 7. The van der Waals surface area contributed by atoms with Crippen LogP contribution >= 0.6 is 0 Å². The van der Waals surface area contributed by atoms with E-state index in [4.69, 9.17) is 5.73 Å². The summed E-state index contributed by atoms with van der Waals surface area (Å²) in [5.41, 5.74) is 4.97. The molecule has 0 aromatic heterocycles. The van der Waals surface area contributed by atoms with Gasteiger partial charge in [0.25, 0.3) is 0 Å². The molecule has 3 N–H and O–H groups in total. The SMILES string of the molecule is CC(C)(CCCN)CNS(=O)(=O)c1c(F)cc(F)cc1F. The van der Waals surface area contributed by atoms with E-state index in [0.717, 1.165) is 0 Å². The highest BCUT2D eigenvalue weighted by molar-refractivity contribution is 7.89. The molecule has 0 unspecified atom stereocenters. The van der Waals surface area contributed by atoms with Crippen LogP contribution in [0.25, 0.3) is 0 Å². The van der Waals surface area contributed by atoms with Crippen LogP contribution in [0.2, 0.25) is 0 Å². The first kappa shape index (κ1) is 17.9. The summed E-state index contributed by atoms with van der Waals surface area (Å²) in [6.45, 7) is 4.08. The molecule has 0 aliphatic carbocycles. The minimum atomic E-state index is -4.39. The van der Waals surface area contributed by atoms with Crippen LogP contribution in [-0.4, -0.2) is 21.5 Å². The molecular weight excluding hydrogens is 305 g/mol. The van der Waals surface area contributed by atoms with E-state index in [1.165, 1.54) is 0 Å². The number of halogens is 3. The van der Waals surface area contributed by atoms with Crippen molar-refractivity contribution in [3.63, 3.8) is 0 Å². The van der Waals surface area contributed by atoms with E-state index in [2.05, 4.69) is 4.72 Å². The molecule has 1 rings (SSSR count). The van der Waals surface area contributed by atoms with Gasteiger partial charge in [-0.3, -0.25) is 0 Å². The Bertz CT molecular complexity index is 580. The second-order valence-electron chi connectivity index (χ2n) is 5.58. The second kappa shape index (κ2) is 6.76. The Morgan fingerprint density at radius 3 is 2.19 bits per heavy atom. The highest BCUT2D eigenvalue weighted by Gasteiger charge is 2.27. The van der Waals surface area contributed by atoms with Crippen molar-refractivity contribution >= 4 is 10.0 Å². The van der Waals surface area contributed by atoms with Gasteiger partial charge in [-0.2, -0.15) is 0 Å². The van der Waals surface area contributed by atoms with Gasteiger partial charge in [0.1, 0.15) is 17.5 Å². The predicted octanol–water partition coefficient (Wildman–Crippen LogP) is 2.15. The molecule has 0 amide bonds. The minimum Gasteiger partial charge on any atom is -0.330 e. The third-order valence-electron chi connectivity index (χ3n) is 3.03. The van der Waals surface area contributed by atoms with Gasteiger partial charge in [-0.05, 0) is 24.8 Å². The average Bonchev–Trinajstić information content (AvgIpc) is 2.33. The van der Waals surface area contributed by atoms with E-state index in [1.807, 2.05) is 13.8 Å². The Balaban J connectivity index is 2.93. The summed E-state index contributed by atoms with van der Waals surface area (Å²) >= 11 is 0. The van der Waals surface area contributed by atoms with E-state index in [-0.39, 0.29) is 6.54 Å². The molecule has 0 atom stereocenters. The van der Waals surface area contributed by atoms with E-state index in [9.17, 15) is 21.6 Å². The van der Waals surface area contributed by atoms with Crippen molar-refractivity contribution in [2.45, 2.75) is 31.6 Å².